The number of likely N-dealkylation sites (tertiary alicyclic amines) is 1. The van der Waals surface area contributed by atoms with E-state index in [1.807, 2.05) is 4.72 Å². The van der Waals surface area contributed by atoms with Crippen LogP contribution in [0, 0.1) is 22.2 Å². The lowest BCUT2D eigenvalue weighted by Gasteiger charge is -2.31. The molecule has 0 radical (unpaired) electrons. The van der Waals surface area contributed by atoms with E-state index < -0.39 is 56.9 Å². The first-order valence-corrected chi connectivity index (χ1v) is 12.1. The third kappa shape index (κ3) is 6.31. The van der Waals surface area contributed by atoms with Crippen LogP contribution >= 0.6 is 12.4 Å². The smallest absolute Gasteiger partial charge is 0.336 e. The van der Waals surface area contributed by atoms with Gasteiger partial charge in [0.05, 0.1) is 12.1 Å². The summed E-state index contributed by atoms with van der Waals surface area (Å²) in [5, 5.41) is 2.74. The second-order valence-corrected chi connectivity index (χ2v) is 10.1. The molecule has 1 amide bonds. The molecule has 1 aliphatic heterocycles. The molecule has 2 aromatic carbocycles. The maximum atomic E-state index is 15.4. The number of nitrogens with one attached hydrogen (secondary N) is 3. The molecule has 3 N–H and O–H groups in total. The fourth-order valence-corrected chi connectivity index (χ4v) is 4.90. The lowest BCUT2D eigenvalue weighted by Crippen LogP contribution is -2.53. The summed E-state index contributed by atoms with van der Waals surface area (Å²) in [6, 6.07) is 3.57. The number of alkyl halides is 3. The van der Waals surface area contributed by atoms with Gasteiger partial charge in [0.15, 0.2) is 0 Å². The van der Waals surface area contributed by atoms with Crippen LogP contribution in [0.3, 0.4) is 0 Å². The normalized spacial score (nSPS) is 20.5. The molecule has 200 valence electrons. The third-order valence-corrected chi connectivity index (χ3v) is 7.24. The van der Waals surface area contributed by atoms with Gasteiger partial charge in [-0.3, -0.25) is 4.79 Å². The fraction of sp³-hybridized carbons (Fsp3) is 0.409. The molecule has 1 unspecified atom stereocenters. The number of hydrogen-bond donors (Lipinski definition) is 3. The second-order valence-electron chi connectivity index (χ2n) is 8.27. The molecule has 0 saturated carbocycles. The molecule has 36 heavy (non-hydrogen) atoms. The van der Waals surface area contributed by atoms with Crippen LogP contribution in [0.4, 0.5) is 26.3 Å². The van der Waals surface area contributed by atoms with Crippen LogP contribution in [-0.4, -0.2) is 52.2 Å². The number of amides is 1. The molecule has 1 aliphatic rings. The number of rotatable bonds is 7. The van der Waals surface area contributed by atoms with E-state index in [-0.39, 0.29) is 48.5 Å². The molecule has 0 aromatic heterocycles. The van der Waals surface area contributed by atoms with Crippen LogP contribution in [0.5, 0.6) is 0 Å². The van der Waals surface area contributed by atoms with Gasteiger partial charge in [-0.25, -0.2) is 26.9 Å². The first kappa shape index (κ1) is 29.9. The van der Waals surface area contributed by atoms with Gasteiger partial charge in [0.2, 0.25) is 15.8 Å². The summed E-state index contributed by atoms with van der Waals surface area (Å²) in [7, 11) is -3.71. The van der Waals surface area contributed by atoms with Crippen molar-refractivity contribution in [1.29, 1.82) is 4.78 Å². The van der Waals surface area contributed by atoms with Crippen LogP contribution < -0.4 is 10.0 Å². The van der Waals surface area contributed by atoms with Crippen LogP contribution in [0.15, 0.2) is 36.4 Å². The zero-order valence-corrected chi connectivity index (χ0v) is 20.8. The zero-order valence-electron chi connectivity index (χ0n) is 19.2. The van der Waals surface area contributed by atoms with Gasteiger partial charge in [0.1, 0.15) is 17.5 Å². The van der Waals surface area contributed by atoms with Gasteiger partial charge >= 0.3 is 5.51 Å². The summed E-state index contributed by atoms with van der Waals surface area (Å²) in [5.41, 5.74) is -5.58. The van der Waals surface area contributed by atoms with Crippen LogP contribution in [0.1, 0.15) is 18.9 Å². The van der Waals surface area contributed by atoms with Crippen molar-refractivity contribution in [1.82, 2.24) is 14.9 Å². The summed E-state index contributed by atoms with van der Waals surface area (Å²) in [5.74, 6) is -3.16. The number of halogens is 7. The Labute approximate surface area is 211 Å². The zero-order chi connectivity index (χ0) is 26.1. The Morgan fingerprint density at radius 1 is 1.19 bits per heavy atom. The van der Waals surface area contributed by atoms with Gasteiger partial charge in [-0.15, -0.1) is 12.4 Å². The van der Waals surface area contributed by atoms with Crippen molar-refractivity contribution in [2.24, 2.45) is 0 Å². The van der Waals surface area contributed by atoms with Crippen molar-refractivity contribution in [3.63, 3.8) is 0 Å². The quantitative estimate of drug-likeness (QED) is 0.441. The summed E-state index contributed by atoms with van der Waals surface area (Å²) < 4.78 is 103. The van der Waals surface area contributed by atoms with Crippen molar-refractivity contribution in [2.75, 3.05) is 13.6 Å². The van der Waals surface area contributed by atoms with Gasteiger partial charge < -0.3 is 10.2 Å². The van der Waals surface area contributed by atoms with Crippen molar-refractivity contribution in [3.8, 4) is 11.1 Å². The maximum Gasteiger partial charge on any atom is 0.492 e. The minimum Gasteiger partial charge on any atom is -0.336 e. The van der Waals surface area contributed by atoms with E-state index >= 15 is 4.39 Å². The Kier molecular flexibility index (Phi) is 9.43. The van der Waals surface area contributed by atoms with Gasteiger partial charge in [0, 0.05) is 24.2 Å². The molecule has 1 heterocycles. The predicted octanol–water partition coefficient (Wildman–Crippen LogP) is 4.38. The molecule has 14 heteroatoms. The van der Waals surface area contributed by atoms with Gasteiger partial charge in [-0.2, -0.15) is 13.2 Å². The van der Waals surface area contributed by atoms with E-state index in [1.165, 1.54) is 30.1 Å². The van der Waals surface area contributed by atoms with Crippen LogP contribution in [0.2, 0.25) is 0 Å². The first-order valence-electron chi connectivity index (χ1n) is 10.6. The summed E-state index contributed by atoms with van der Waals surface area (Å²) in [6.07, 6.45) is -0.333. The largest absolute Gasteiger partial charge is 0.492 e. The molecule has 2 aromatic rings. The van der Waals surface area contributed by atoms with E-state index in [0.717, 1.165) is 12.1 Å². The van der Waals surface area contributed by atoms with Gasteiger partial charge in [-0.05, 0) is 50.1 Å². The number of nitrogens with zero attached hydrogens (tertiary/aromatic N) is 1. The highest BCUT2D eigenvalue weighted by molar-refractivity contribution is 7.91. The topological polar surface area (TPSA) is 85.3 Å². The Morgan fingerprint density at radius 3 is 2.36 bits per heavy atom. The Balaban J connectivity index is 0.00000456. The molecule has 4 atom stereocenters. The summed E-state index contributed by atoms with van der Waals surface area (Å²) >= 11 is 0. The number of hydrogen-bond acceptors (Lipinski definition) is 4. The second kappa shape index (κ2) is 11.4. The summed E-state index contributed by atoms with van der Waals surface area (Å²) in [6.45, 7) is 1.54. The average Bonchev–Trinajstić information content (AvgIpc) is 3.13. The lowest BCUT2D eigenvalue weighted by atomic mass is 9.95. The molecule has 0 aliphatic carbocycles. The molecule has 0 spiro atoms. The minimum absolute atomic E-state index is 0. The SMILES string of the molecule is CN[C@@H](C)C(=O)N1CC[C@H](NS(=N)(=O)C(F)(F)F)[C@@H]1Cc1cccc(-c2cc(F)cc(F)c2)c1F.Cl. The van der Waals surface area contributed by atoms with Crippen LogP contribution in [0.25, 0.3) is 11.1 Å². The van der Waals surface area contributed by atoms with Crippen molar-refractivity contribution < 1.29 is 35.3 Å². The Bertz CT molecular complexity index is 1190. The molecule has 6 nitrogen and oxygen atoms in total. The predicted molar refractivity (Wildman–Crippen MR) is 125 cm³/mol. The maximum absolute atomic E-state index is 15.4. The average molecular weight is 559 g/mol. The molecule has 0 bridgehead atoms. The molecular weight excluding hydrogens is 534 g/mol. The molecule has 1 saturated heterocycles. The highest BCUT2D eigenvalue weighted by Gasteiger charge is 2.47. The highest BCUT2D eigenvalue weighted by Crippen LogP contribution is 2.31. The summed E-state index contributed by atoms with van der Waals surface area (Å²) in [4.78, 5) is 14.1. The minimum atomic E-state index is -5.35. The Morgan fingerprint density at radius 2 is 1.81 bits per heavy atom. The number of carbonyl (C=O) groups is 1. The van der Waals surface area contributed by atoms with Gasteiger partial charge in [-0.1, -0.05) is 18.2 Å². The Hall–Kier alpha value is -2.35. The third-order valence-electron chi connectivity index (χ3n) is 5.96. The fourth-order valence-electron chi connectivity index (χ4n) is 4.06. The van der Waals surface area contributed by atoms with E-state index in [2.05, 4.69) is 5.32 Å². The highest BCUT2D eigenvalue weighted by atomic mass is 35.5. The van der Waals surface area contributed by atoms with E-state index in [0.29, 0.717) is 6.07 Å². The lowest BCUT2D eigenvalue weighted by molar-refractivity contribution is -0.133. The molecule has 3 rings (SSSR count). The van der Waals surface area contributed by atoms with Crippen LogP contribution in [-0.2, 0) is 21.1 Å². The number of carbonyl (C=O) groups excluding carboxylic acids is 1. The van der Waals surface area contributed by atoms with Crippen molar-refractivity contribution in [2.45, 2.75) is 43.4 Å². The van der Waals surface area contributed by atoms with E-state index in [4.69, 9.17) is 4.78 Å². The van der Waals surface area contributed by atoms with E-state index in [9.17, 15) is 31.0 Å². The number of likely N-dealkylation sites (N-methyl/N-ethyl adjacent to an activating group) is 1. The van der Waals surface area contributed by atoms with Crippen molar-refractivity contribution >= 4 is 28.2 Å². The standard InChI is InChI=1S/C22H24F6N4O2S.ClH/c1-12(30-2)21(33)32-7-6-18(31-35(29,34)22(26,27)28)19(32)10-13-4-3-5-17(20(13)25)14-8-15(23)11-16(24)9-14;/h3-5,8-9,11-12,18-19,30H,6-7,10H2,1-2H3,(H2,29,31,34);1H/t12-,18-,19-,35?;/m0./s1. The number of benzene rings is 2. The first-order chi connectivity index (χ1) is 16.2. The van der Waals surface area contributed by atoms with E-state index in [1.54, 1.807) is 6.92 Å². The molecular formula is C22H25ClF6N4O2S. The van der Waals surface area contributed by atoms with Crippen molar-refractivity contribution in [3.05, 3.63) is 59.4 Å². The molecule has 1 fully saturated rings. The monoisotopic (exact) mass is 558 g/mol. The van der Waals surface area contributed by atoms with Gasteiger partial charge in [0.25, 0.3) is 0 Å².